The highest BCUT2D eigenvalue weighted by Gasteiger charge is 2.18. The molecule has 0 aromatic heterocycles. The molecule has 2 rings (SSSR count). The molecule has 104 valence electrons. The van der Waals surface area contributed by atoms with Crippen molar-refractivity contribution in [3.63, 3.8) is 0 Å². The lowest BCUT2D eigenvalue weighted by Crippen LogP contribution is -2.10. The van der Waals surface area contributed by atoms with Crippen molar-refractivity contribution in [1.82, 2.24) is 0 Å². The van der Waals surface area contributed by atoms with E-state index in [0.717, 1.165) is 15.7 Å². The highest BCUT2D eigenvalue weighted by molar-refractivity contribution is 9.10. The number of nitrogens with zero attached hydrogens (tertiary/aromatic N) is 1. The highest BCUT2D eigenvalue weighted by Crippen LogP contribution is 2.30. The molecule has 4 nitrogen and oxygen atoms in total. The Bertz CT molecular complexity index is 644. The minimum atomic E-state index is -0.346. The quantitative estimate of drug-likeness (QED) is 0.642. The molecule has 20 heavy (non-hydrogen) atoms. The molecule has 0 radical (unpaired) electrons. The van der Waals surface area contributed by atoms with Crippen LogP contribution < -0.4 is 5.32 Å². The van der Waals surface area contributed by atoms with E-state index in [2.05, 4.69) is 21.2 Å². The van der Waals surface area contributed by atoms with Crippen molar-refractivity contribution in [2.45, 2.75) is 19.9 Å². The topological polar surface area (TPSA) is 55.2 Å². The highest BCUT2D eigenvalue weighted by atomic mass is 79.9. The lowest BCUT2D eigenvalue weighted by Gasteiger charge is -2.18. The van der Waals surface area contributed by atoms with Crippen molar-refractivity contribution in [2.24, 2.45) is 0 Å². The fourth-order valence-electron chi connectivity index (χ4n) is 2.09. The van der Waals surface area contributed by atoms with E-state index in [1.807, 2.05) is 38.1 Å². The van der Waals surface area contributed by atoms with Crippen LogP contribution in [-0.2, 0) is 0 Å². The van der Waals surface area contributed by atoms with E-state index in [0.29, 0.717) is 5.56 Å². The number of nitrogens with one attached hydrogen (secondary N) is 1. The normalized spacial score (nSPS) is 11.9. The third kappa shape index (κ3) is 2.99. The molecule has 1 unspecified atom stereocenters. The summed E-state index contributed by atoms with van der Waals surface area (Å²) < 4.78 is 1.01. The van der Waals surface area contributed by atoms with Gasteiger partial charge in [-0.2, -0.15) is 0 Å². The predicted octanol–water partition coefficient (Wildman–Crippen LogP) is 4.84. The van der Waals surface area contributed by atoms with E-state index in [1.165, 1.54) is 6.07 Å². The van der Waals surface area contributed by atoms with E-state index in [4.69, 9.17) is 0 Å². The average Bonchev–Trinajstić information content (AvgIpc) is 2.43. The Morgan fingerprint density at radius 1 is 1.20 bits per heavy atom. The number of halogens is 1. The number of para-hydroxylation sites is 1. The first-order valence-electron chi connectivity index (χ1n) is 6.25. The Morgan fingerprint density at radius 3 is 2.60 bits per heavy atom. The minimum absolute atomic E-state index is 0.139. The number of nitro benzene ring substituents is 1. The second-order valence-corrected chi connectivity index (χ2v) is 5.45. The summed E-state index contributed by atoms with van der Waals surface area (Å²) >= 11 is 3.48. The van der Waals surface area contributed by atoms with Crippen LogP contribution in [0.1, 0.15) is 24.1 Å². The van der Waals surface area contributed by atoms with Gasteiger partial charge in [-0.15, -0.1) is 0 Å². The van der Waals surface area contributed by atoms with E-state index in [9.17, 15) is 10.1 Å². The number of rotatable bonds is 4. The molecule has 0 aliphatic heterocycles. The lowest BCUT2D eigenvalue weighted by atomic mass is 10.1. The summed E-state index contributed by atoms with van der Waals surface area (Å²) in [7, 11) is 0. The molecule has 0 amide bonds. The van der Waals surface area contributed by atoms with Crippen LogP contribution in [0.4, 0.5) is 11.4 Å². The van der Waals surface area contributed by atoms with Crippen molar-refractivity contribution >= 4 is 27.3 Å². The SMILES string of the molecule is Cc1c(Br)cccc1NC(C)c1ccccc1[N+](=O)[O-]. The molecule has 0 saturated heterocycles. The average molecular weight is 335 g/mol. The van der Waals surface area contributed by atoms with Crippen LogP contribution in [0.5, 0.6) is 0 Å². The number of nitro groups is 1. The summed E-state index contributed by atoms with van der Waals surface area (Å²) in [6, 6.07) is 12.5. The van der Waals surface area contributed by atoms with E-state index >= 15 is 0 Å². The fraction of sp³-hybridized carbons (Fsp3) is 0.200. The molecular weight excluding hydrogens is 320 g/mol. The minimum Gasteiger partial charge on any atom is -0.378 e. The zero-order chi connectivity index (χ0) is 14.7. The zero-order valence-corrected chi connectivity index (χ0v) is 12.8. The van der Waals surface area contributed by atoms with Crippen LogP contribution >= 0.6 is 15.9 Å². The maximum atomic E-state index is 11.1. The Balaban J connectivity index is 2.31. The number of hydrogen-bond donors (Lipinski definition) is 1. The molecule has 0 aliphatic carbocycles. The van der Waals surface area contributed by atoms with E-state index in [1.54, 1.807) is 12.1 Å². The van der Waals surface area contributed by atoms with Gasteiger partial charge in [0.15, 0.2) is 0 Å². The maximum Gasteiger partial charge on any atom is 0.274 e. The Hall–Kier alpha value is -1.88. The fourth-order valence-corrected chi connectivity index (χ4v) is 2.46. The standard InChI is InChI=1S/C15H15BrN2O2/c1-10-13(16)7-5-8-14(10)17-11(2)12-6-3-4-9-15(12)18(19)20/h3-9,11,17H,1-2H3. The van der Waals surface area contributed by atoms with Gasteiger partial charge in [0.1, 0.15) is 0 Å². The summed E-state index contributed by atoms with van der Waals surface area (Å²) in [5.74, 6) is 0. The molecule has 0 bridgehead atoms. The predicted molar refractivity (Wildman–Crippen MR) is 84.0 cm³/mol. The van der Waals surface area contributed by atoms with Gasteiger partial charge < -0.3 is 5.32 Å². The summed E-state index contributed by atoms with van der Waals surface area (Å²) in [4.78, 5) is 10.7. The zero-order valence-electron chi connectivity index (χ0n) is 11.3. The van der Waals surface area contributed by atoms with Gasteiger partial charge in [0, 0.05) is 16.2 Å². The van der Waals surface area contributed by atoms with E-state index in [-0.39, 0.29) is 16.7 Å². The van der Waals surface area contributed by atoms with Crippen molar-refractivity contribution in [3.05, 3.63) is 68.2 Å². The van der Waals surface area contributed by atoms with Crippen molar-refractivity contribution in [2.75, 3.05) is 5.32 Å². The Morgan fingerprint density at radius 2 is 1.90 bits per heavy atom. The first kappa shape index (κ1) is 14.5. The van der Waals surface area contributed by atoms with Gasteiger partial charge in [-0.1, -0.05) is 40.2 Å². The van der Waals surface area contributed by atoms with Crippen LogP contribution in [0, 0.1) is 17.0 Å². The maximum absolute atomic E-state index is 11.1. The molecule has 1 N–H and O–H groups in total. The van der Waals surface area contributed by atoms with Crippen LogP contribution in [0.15, 0.2) is 46.9 Å². The molecule has 0 spiro atoms. The van der Waals surface area contributed by atoms with Gasteiger partial charge in [0.25, 0.3) is 5.69 Å². The van der Waals surface area contributed by atoms with E-state index < -0.39 is 0 Å². The van der Waals surface area contributed by atoms with Crippen LogP contribution in [0.25, 0.3) is 0 Å². The molecule has 5 heteroatoms. The monoisotopic (exact) mass is 334 g/mol. The Labute approximate surface area is 126 Å². The molecule has 2 aromatic carbocycles. The first-order valence-corrected chi connectivity index (χ1v) is 7.05. The van der Waals surface area contributed by atoms with Crippen LogP contribution in [-0.4, -0.2) is 4.92 Å². The first-order chi connectivity index (χ1) is 9.50. The third-order valence-electron chi connectivity index (χ3n) is 3.24. The van der Waals surface area contributed by atoms with Gasteiger partial charge in [-0.05, 0) is 31.5 Å². The smallest absolute Gasteiger partial charge is 0.274 e. The van der Waals surface area contributed by atoms with Crippen LogP contribution in [0.2, 0.25) is 0 Å². The summed E-state index contributed by atoms with van der Waals surface area (Å²) in [6.07, 6.45) is 0. The second-order valence-electron chi connectivity index (χ2n) is 4.59. The summed E-state index contributed by atoms with van der Waals surface area (Å²) in [5.41, 5.74) is 2.86. The van der Waals surface area contributed by atoms with Crippen molar-refractivity contribution < 1.29 is 4.92 Å². The number of benzene rings is 2. The lowest BCUT2D eigenvalue weighted by molar-refractivity contribution is -0.385. The van der Waals surface area contributed by atoms with Gasteiger partial charge in [-0.3, -0.25) is 10.1 Å². The molecule has 2 aromatic rings. The van der Waals surface area contributed by atoms with Gasteiger partial charge >= 0.3 is 0 Å². The van der Waals surface area contributed by atoms with Gasteiger partial charge in [-0.25, -0.2) is 0 Å². The Kier molecular flexibility index (Phi) is 4.39. The van der Waals surface area contributed by atoms with Crippen molar-refractivity contribution in [3.8, 4) is 0 Å². The van der Waals surface area contributed by atoms with Gasteiger partial charge in [0.05, 0.1) is 16.5 Å². The molecule has 1 atom stereocenters. The third-order valence-corrected chi connectivity index (χ3v) is 4.10. The number of hydrogen-bond acceptors (Lipinski definition) is 3. The molecule has 0 heterocycles. The molecule has 0 fully saturated rings. The largest absolute Gasteiger partial charge is 0.378 e. The second kappa shape index (κ2) is 6.05. The van der Waals surface area contributed by atoms with Gasteiger partial charge in [0.2, 0.25) is 0 Å². The summed E-state index contributed by atoms with van der Waals surface area (Å²) in [6.45, 7) is 3.92. The van der Waals surface area contributed by atoms with Crippen LogP contribution in [0.3, 0.4) is 0 Å². The molecular formula is C15H15BrN2O2. The number of anilines is 1. The molecule has 0 saturated carbocycles. The summed E-state index contributed by atoms with van der Waals surface area (Å²) in [5, 5.41) is 14.4. The molecule has 0 aliphatic rings. The van der Waals surface area contributed by atoms with Crippen molar-refractivity contribution in [1.29, 1.82) is 0 Å².